The van der Waals surface area contributed by atoms with Crippen LogP contribution < -0.4 is 10.1 Å². The molecule has 1 aromatic rings. The lowest BCUT2D eigenvalue weighted by Gasteiger charge is -2.30. The number of benzene rings is 1. The molecule has 0 aromatic heterocycles. The van der Waals surface area contributed by atoms with Crippen molar-refractivity contribution >= 4 is 35.2 Å². The molecule has 0 fully saturated rings. The Labute approximate surface area is 169 Å². The van der Waals surface area contributed by atoms with Gasteiger partial charge in [-0.2, -0.15) is 0 Å². The van der Waals surface area contributed by atoms with E-state index in [0.717, 1.165) is 0 Å². The number of hydrogen-bond acceptors (Lipinski definition) is 4. The van der Waals surface area contributed by atoms with Gasteiger partial charge >= 0.3 is 6.09 Å². The Hall–Kier alpha value is -1.70. The number of nitrogens with one attached hydrogen (secondary N) is 1. The Bertz CT molecular complexity index is 682. The number of halogens is 2. The highest BCUT2D eigenvalue weighted by atomic mass is 35.5. The monoisotopic (exact) mass is 420 g/mol. The fourth-order valence-electron chi connectivity index (χ4n) is 2.89. The maximum absolute atomic E-state index is 12.1. The fraction of sp³-hybridized carbons (Fsp3) is 0.556. The second kappa shape index (κ2) is 10.6. The maximum Gasteiger partial charge on any atom is 0.404 e. The molecule has 0 saturated heterocycles. The highest BCUT2D eigenvalue weighted by Gasteiger charge is 2.26. The number of carbonyl (C=O) groups excluding carboxylic acids is 1. The van der Waals surface area contributed by atoms with Crippen molar-refractivity contribution in [3.8, 4) is 5.75 Å². The summed E-state index contributed by atoms with van der Waals surface area (Å²) in [6.45, 7) is 5.63. The fourth-order valence-corrected chi connectivity index (χ4v) is 3.27. The van der Waals surface area contributed by atoms with E-state index in [1.807, 2.05) is 13.8 Å². The number of aliphatic hydroxyl groups excluding tert-OH is 1. The van der Waals surface area contributed by atoms with Gasteiger partial charge in [-0.05, 0) is 44.4 Å². The van der Waals surface area contributed by atoms with Gasteiger partial charge in [-0.1, -0.05) is 11.6 Å². The van der Waals surface area contributed by atoms with Gasteiger partial charge in [0, 0.05) is 23.2 Å². The molecule has 1 unspecified atom stereocenters. The molecule has 27 heavy (non-hydrogen) atoms. The van der Waals surface area contributed by atoms with Gasteiger partial charge in [0.15, 0.2) is 0 Å². The number of nitrogens with zero attached hydrogens (tertiary/aromatic N) is 1. The third-order valence-electron chi connectivity index (χ3n) is 4.24. The van der Waals surface area contributed by atoms with Crippen molar-refractivity contribution in [2.24, 2.45) is 0 Å². The van der Waals surface area contributed by atoms with Crippen molar-refractivity contribution in [3.63, 3.8) is 0 Å². The molecule has 1 atom stereocenters. The molecule has 3 N–H and O–H groups in total. The third-order valence-corrected chi connectivity index (χ3v) is 4.86. The summed E-state index contributed by atoms with van der Waals surface area (Å²) in [7, 11) is 1.47. The average Bonchev–Trinajstić information content (AvgIpc) is 2.60. The Morgan fingerprint density at radius 3 is 2.48 bits per heavy atom. The van der Waals surface area contributed by atoms with E-state index in [-0.39, 0.29) is 30.9 Å². The molecule has 1 aromatic carbocycles. The van der Waals surface area contributed by atoms with Gasteiger partial charge in [0.05, 0.1) is 13.7 Å². The zero-order chi connectivity index (χ0) is 20.7. The summed E-state index contributed by atoms with van der Waals surface area (Å²) in [6, 6.07) is 1.55. The van der Waals surface area contributed by atoms with Crippen LogP contribution in [-0.4, -0.2) is 59.2 Å². The first-order valence-corrected chi connectivity index (χ1v) is 9.41. The van der Waals surface area contributed by atoms with Crippen molar-refractivity contribution < 1.29 is 24.5 Å². The minimum atomic E-state index is -1.13. The molecule has 0 aliphatic carbocycles. The lowest BCUT2D eigenvalue weighted by Crippen LogP contribution is -2.40. The van der Waals surface area contributed by atoms with Crippen LogP contribution in [0.4, 0.5) is 4.79 Å². The van der Waals surface area contributed by atoms with E-state index in [0.29, 0.717) is 33.9 Å². The molecule has 2 amide bonds. The van der Waals surface area contributed by atoms with E-state index >= 15 is 0 Å². The summed E-state index contributed by atoms with van der Waals surface area (Å²) >= 11 is 12.0. The molecule has 0 radical (unpaired) electrons. The second-order valence-corrected chi connectivity index (χ2v) is 7.04. The van der Waals surface area contributed by atoms with Crippen molar-refractivity contribution in [1.29, 1.82) is 0 Å². The SMILES string of the molecule is COc1c(CCNC(=O)O)cc(Cl)c(C)c1C(O)CN(C(=O)CCl)C(C)C. The largest absolute Gasteiger partial charge is 0.496 e. The van der Waals surface area contributed by atoms with Gasteiger partial charge < -0.3 is 25.2 Å². The molecule has 152 valence electrons. The van der Waals surface area contributed by atoms with Gasteiger partial charge in [-0.15, -0.1) is 11.6 Å². The molecule has 0 saturated carbocycles. The standard InChI is InChI=1S/C18H26Cl2N2O5/c1-10(2)22(15(24)8-19)9-14(23)16-11(3)13(20)7-12(17(16)27-4)5-6-21-18(25)26/h7,10,14,21,23H,5-6,8-9H2,1-4H3,(H,25,26). The summed E-state index contributed by atoms with van der Waals surface area (Å²) in [5.74, 6) is -0.0308. The van der Waals surface area contributed by atoms with Crippen LogP contribution in [0.25, 0.3) is 0 Å². The molecule has 1 rings (SSSR count). The van der Waals surface area contributed by atoms with E-state index in [2.05, 4.69) is 5.32 Å². The van der Waals surface area contributed by atoms with Crippen LogP contribution in [0, 0.1) is 6.92 Å². The minimum Gasteiger partial charge on any atom is -0.496 e. The number of aliphatic hydroxyl groups is 1. The van der Waals surface area contributed by atoms with Gasteiger partial charge in [-0.25, -0.2) is 4.79 Å². The molecular formula is C18H26Cl2N2O5. The van der Waals surface area contributed by atoms with Crippen LogP contribution in [0.3, 0.4) is 0 Å². The van der Waals surface area contributed by atoms with Crippen molar-refractivity contribution in [1.82, 2.24) is 10.2 Å². The Morgan fingerprint density at radius 1 is 1.37 bits per heavy atom. The van der Waals surface area contributed by atoms with Crippen LogP contribution in [0.5, 0.6) is 5.75 Å². The number of rotatable bonds is 9. The molecule has 0 aliphatic heterocycles. The smallest absolute Gasteiger partial charge is 0.404 e. The topological polar surface area (TPSA) is 99.1 Å². The van der Waals surface area contributed by atoms with Crippen molar-refractivity contribution in [2.45, 2.75) is 39.3 Å². The Kier molecular flexibility index (Phi) is 9.15. The molecule has 0 bridgehead atoms. The Balaban J connectivity index is 3.25. The zero-order valence-corrected chi connectivity index (χ0v) is 17.4. The van der Waals surface area contributed by atoms with Gasteiger partial charge in [0.25, 0.3) is 0 Å². The maximum atomic E-state index is 12.1. The second-order valence-electron chi connectivity index (χ2n) is 6.36. The van der Waals surface area contributed by atoms with Crippen LogP contribution in [0.2, 0.25) is 5.02 Å². The van der Waals surface area contributed by atoms with Crippen LogP contribution in [0.15, 0.2) is 6.07 Å². The van der Waals surface area contributed by atoms with Gasteiger partial charge in [0.1, 0.15) is 17.7 Å². The minimum absolute atomic E-state index is 0.0353. The zero-order valence-electron chi connectivity index (χ0n) is 15.9. The number of carbonyl (C=O) groups is 2. The quantitative estimate of drug-likeness (QED) is 0.533. The number of hydrogen-bond donors (Lipinski definition) is 3. The first-order chi connectivity index (χ1) is 12.6. The normalized spacial score (nSPS) is 12.0. The van der Waals surface area contributed by atoms with Gasteiger partial charge in [0.2, 0.25) is 5.91 Å². The summed E-state index contributed by atoms with van der Waals surface area (Å²) in [5, 5.41) is 22.3. The van der Waals surface area contributed by atoms with Crippen molar-refractivity contribution in [3.05, 3.63) is 27.8 Å². The lowest BCUT2D eigenvalue weighted by molar-refractivity contribution is -0.131. The van der Waals surface area contributed by atoms with E-state index in [1.165, 1.54) is 12.0 Å². The first-order valence-electron chi connectivity index (χ1n) is 8.50. The number of methoxy groups -OCH3 is 1. The van der Waals surface area contributed by atoms with Gasteiger partial charge in [-0.3, -0.25) is 4.79 Å². The van der Waals surface area contributed by atoms with Crippen LogP contribution in [-0.2, 0) is 11.2 Å². The van der Waals surface area contributed by atoms with E-state index in [1.54, 1.807) is 13.0 Å². The van der Waals surface area contributed by atoms with Crippen molar-refractivity contribution in [2.75, 3.05) is 26.1 Å². The summed E-state index contributed by atoms with van der Waals surface area (Å²) in [4.78, 5) is 24.2. The number of amides is 2. The highest BCUT2D eigenvalue weighted by Crippen LogP contribution is 2.37. The van der Waals surface area contributed by atoms with E-state index in [4.69, 9.17) is 33.0 Å². The highest BCUT2D eigenvalue weighted by molar-refractivity contribution is 6.31. The number of carboxylic acid groups (broad SMARTS) is 1. The summed E-state index contributed by atoms with van der Waals surface area (Å²) in [5.41, 5.74) is 1.78. The average molecular weight is 421 g/mol. The molecule has 9 heteroatoms. The van der Waals surface area contributed by atoms with Crippen LogP contribution >= 0.6 is 23.2 Å². The number of alkyl halides is 1. The molecule has 0 aliphatic rings. The number of ether oxygens (including phenoxy) is 1. The molecule has 0 spiro atoms. The molecule has 7 nitrogen and oxygen atoms in total. The van der Waals surface area contributed by atoms with E-state index < -0.39 is 12.2 Å². The predicted molar refractivity (Wildman–Crippen MR) is 105 cm³/mol. The first kappa shape index (κ1) is 23.3. The molecule has 0 heterocycles. The Morgan fingerprint density at radius 2 is 2.00 bits per heavy atom. The lowest BCUT2D eigenvalue weighted by atomic mass is 9.96. The van der Waals surface area contributed by atoms with E-state index in [9.17, 15) is 14.7 Å². The van der Waals surface area contributed by atoms with Crippen LogP contribution in [0.1, 0.15) is 36.6 Å². The summed E-state index contributed by atoms with van der Waals surface area (Å²) in [6.07, 6.45) is -1.83. The predicted octanol–water partition coefficient (Wildman–Crippen LogP) is 2.98. The summed E-state index contributed by atoms with van der Waals surface area (Å²) < 4.78 is 5.50. The third kappa shape index (κ3) is 6.16. The molecular weight excluding hydrogens is 395 g/mol.